The SMILES string of the molecule is CC(C)(C)OCCC(C(=O)O)c1ccccc1F. The van der Waals surface area contributed by atoms with Gasteiger partial charge in [0, 0.05) is 12.2 Å². The number of ether oxygens (including phenoxy) is 1. The summed E-state index contributed by atoms with van der Waals surface area (Å²) in [7, 11) is 0. The van der Waals surface area contributed by atoms with Crippen LogP contribution in [-0.2, 0) is 9.53 Å². The predicted octanol–water partition coefficient (Wildman–Crippen LogP) is 3.20. The van der Waals surface area contributed by atoms with Gasteiger partial charge in [0.05, 0.1) is 11.5 Å². The molecule has 4 heteroatoms. The maximum atomic E-state index is 13.6. The summed E-state index contributed by atoms with van der Waals surface area (Å²) in [6.45, 7) is 5.97. The van der Waals surface area contributed by atoms with Crippen LogP contribution in [0.3, 0.4) is 0 Å². The molecule has 0 aliphatic carbocycles. The number of hydrogen-bond donors (Lipinski definition) is 1. The molecule has 100 valence electrons. The molecule has 1 N–H and O–H groups in total. The molecule has 0 radical (unpaired) electrons. The molecule has 1 aromatic rings. The van der Waals surface area contributed by atoms with Crippen molar-refractivity contribution in [1.82, 2.24) is 0 Å². The summed E-state index contributed by atoms with van der Waals surface area (Å²) in [5, 5.41) is 9.16. The van der Waals surface area contributed by atoms with Gasteiger partial charge in [-0.3, -0.25) is 4.79 Å². The monoisotopic (exact) mass is 254 g/mol. The van der Waals surface area contributed by atoms with E-state index in [0.717, 1.165) is 0 Å². The quantitative estimate of drug-likeness (QED) is 0.877. The fraction of sp³-hybridized carbons (Fsp3) is 0.500. The van der Waals surface area contributed by atoms with Crippen molar-refractivity contribution >= 4 is 5.97 Å². The molecule has 0 fully saturated rings. The molecular weight excluding hydrogens is 235 g/mol. The molecule has 0 aromatic heterocycles. The van der Waals surface area contributed by atoms with E-state index in [0.29, 0.717) is 0 Å². The van der Waals surface area contributed by atoms with Crippen LogP contribution in [0.5, 0.6) is 0 Å². The second-order valence-corrected chi connectivity index (χ2v) is 5.16. The van der Waals surface area contributed by atoms with Crippen molar-refractivity contribution in [3.8, 4) is 0 Å². The number of aliphatic carboxylic acids is 1. The number of carboxylic acids is 1. The van der Waals surface area contributed by atoms with Gasteiger partial charge in [-0.1, -0.05) is 18.2 Å². The summed E-state index contributed by atoms with van der Waals surface area (Å²) in [4.78, 5) is 11.2. The van der Waals surface area contributed by atoms with E-state index in [4.69, 9.17) is 9.84 Å². The third-order valence-corrected chi connectivity index (χ3v) is 2.52. The minimum atomic E-state index is -1.03. The maximum Gasteiger partial charge on any atom is 0.311 e. The van der Waals surface area contributed by atoms with Gasteiger partial charge in [0.25, 0.3) is 0 Å². The van der Waals surface area contributed by atoms with E-state index < -0.39 is 17.7 Å². The molecule has 0 amide bonds. The Morgan fingerprint density at radius 2 is 2.00 bits per heavy atom. The molecule has 0 spiro atoms. The maximum absolute atomic E-state index is 13.6. The number of halogens is 1. The summed E-state index contributed by atoms with van der Waals surface area (Å²) in [5.41, 5.74) is -0.110. The highest BCUT2D eigenvalue weighted by Gasteiger charge is 2.23. The molecule has 1 rings (SSSR count). The van der Waals surface area contributed by atoms with E-state index in [2.05, 4.69) is 0 Å². The van der Waals surface area contributed by atoms with Gasteiger partial charge in [0.2, 0.25) is 0 Å². The lowest BCUT2D eigenvalue weighted by Gasteiger charge is -2.21. The highest BCUT2D eigenvalue weighted by Crippen LogP contribution is 2.23. The summed E-state index contributed by atoms with van der Waals surface area (Å²) < 4.78 is 19.0. The van der Waals surface area contributed by atoms with Crippen molar-refractivity contribution in [3.05, 3.63) is 35.6 Å². The smallest absolute Gasteiger partial charge is 0.311 e. The Morgan fingerprint density at radius 3 is 2.50 bits per heavy atom. The van der Waals surface area contributed by atoms with Crippen LogP contribution >= 0.6 is 0 Å². The van der Waals surface area contributed by atoms with Gasteiger partial charge in [-0.05, 0) is 33.3 Å². The lowest BCUT2D eigenvalue weighted by Crippen LogP contribution is -2.22. The van der Waals surface area contributed by atoms with Crippen LogP contribution in [-0.4, -0.2) is 23.3 Å². The van der Waals surface area contributed by atoms with E-state index in [1.165, 1.54) is 12.1 Å². The van der Waals surface area contributed by atoms with Gasteiger partial charge < -0.3 is 9.84 Å². The average molecular weight is 254 g/mol. The highest BCUT2D eigenvalue weighted by molar-refractivity contribution is 5.76. The third kappa shape index (κ3) is 4.45. The number of benzene rings is 1. The molecular formula is C14H19FO3. The van der Waals surface area contributed by atoms with Gasteiger partial charge >= 0.3 is 5.97 Å². The van der Waals surface area contributed by atoms with Crippen molar-refractivity contribution in [2.75, 3.05) is 6.61 Å². The number of carboxylic acid groups (broad SMARTS) is 1. The molecule has 0 saturated heterocycles. The van der Waals surface area contributed by atoms with Crippen molar-refractivity contribution < 1.29 is 19.0 Å². The first-order valence-electron chi connectivity index (χ1n) is 5.92. The van der Waals surface area contributed by atoms with Crippen molar-refractivity contribution in [3.63, 3.8) is 0 Å². The molecule has 1 aromatic carbocycles. The second kappa shape index (κ2) is 5.96. The number of rotatable bonds is 5. The van der Waals surface area contributed by atoms with Gasteiger partial charge in [-0.2, -0.15) is 0 Å². The molecule has 0 heterocycles. The lowest BCUT2D eigenvalue weighted by atomic mass is 9.95. The Kier molecular flexibility index (Phi) is 4.84. The predicted molar refractivity (Wildman–Crippen MR) is 67.1 cm³/mol. The Morgan fingerprint density at radius 1 is 1.39 bits per heavy atom. The molecule has 0 aliphatic heterocycles. The van der Waals surface area contributed by atoms with Crippen LogP contribution in [0, 0.1) is 5.82 Å². The summed E-state index contributed by atoms with van der Waals surface area (Å²) in [6.07, 6.45) is 0.257. The van der Waals surface area contributed by atoms with E-state index in [1.807, 2.05) is 20.8 Å². The zero-order valence-electron chi connectivity index (χ0n) is 10.9. The fourth-order valence-electron chi connectivity index (χ4n) is 1.65. The van der Waals surface area contributed by atoms with Crippen LogP contribution in [0.2, 0.25) is 0 Å². The van der Waals surface area contributed by atoms with Gasteiger partial charge in [0.15, 0.2) is 0 Å². The topological polar surface area (TPSA) is 46.5 Å². The van der Waals surface area contributed by atoms with Crippen LogP contribution in [0.4, 0.5) is 4.39 Å². The minimum Gasteiger partial charge on any atom is -0.481 e. The number of hydrogen-bond acceptors (Lipinski definition) is 2. The molecule has 0 saturated carbocycles. The second-order valence-electron chi connectivity index (χ2n) is 5.16. The minimum absolute atomic E-state index is 0.211. The largest absolute Gasteiger partial charge is 0.481 e. The van der Waals surface area contributed by atoms with Crippen LogP contribution in [0.25, 0.3) is 0 Å². The summed E-state index contributed by atoms with van der Waals surface area (Å²) >= 11 is 0. The van der Waals surface area contributed by atoms with E-state index in [1.54, 1.807) is 12.1 Å². The molecule has 1 unspecified atom stereocenters. The van der Waals surface area contributed by atoms with Crippen LogP contribution in [0.1, 0.15) is 38.7 Å². The van der Waals surface area contributed by atoms with Crippen LogP contribution < -0.4 is 0 Å². The average Bonchev–Trinajstić information content (AvgIpc) is 2.24. The van der Waals surface area contributed by atoms with Gasteiger partial charge in [-0.25, -0.2) is 4.39 Å². The van der Waals surface area contributed by atoms with Gasteiger partial charge in [-0.15, -0.1) is 0 Å². The number of carbonyl (C=O) groups is 1. The molecule has 0 aliphatic rings. The van der Waals surface area contributed by atoms with Crippen molar-refractivity contribution in [2.45, 2.75) is 38.7 Å². The first kappa shape index (κ1) is 14.6. The third-order valence-electron chi connectivity index (χ3n) is 2.52. The Labute approximate surface area is 107 Å². The zero-order valence-corrected chi connectivity index (χ0v) is 10.9. The van der Waals surface area contributed by atoms with Crippen LogP contribution in [0.15, 0.2) is 24.3 Å². The molecule has 1 atom stereocenters. The Bertz CT molecular complexity index is 410. The summed E-state index contributed by atoms with van der Waals surface area (Å²) in [6, 6.07) is 5.96. The molecule has 3 nitrogen and oxygen atoms in total. The zero-order chi connectivity index (χ0) is 13.8. The van der Waals surface area contributed by atoms with Gasteiger partial charge in [0.1, 0.15) is 5.82 Å². The standard InChI is InChI=1S/C14H19FO3/c1-14(2,3)18-9-8-11(13(16)17)10-6-4-5-7-12(10)15/h4-7,11H,8-9H2,1-3H3,(H,16,17). The first-order chi connectivity index (χ1) is 8.31. The van der Waals surface area contributed by atoms with E-state index in [-0.39, 0.29) is 24.2 Å². The van der Waals surface area contributed by atoms with Crippen molar-refractivity contribution in [2.24, 2.45) is 0 Å². The highest BCUT2D eigenvalue weighted by atomic mass is 19.1. The normalized spacial score (nSPS) is 13.3. The Balaban J connectivity index is 2.73. The Hall–Kier alpha value is -1.42. The van der Waals surface area contributed by atoms with E-state index >= 15 is 0 Å². The summed E-state index contributed by atoms with van der Waals surface area (Å²) in [5.74, 6) is -2.38. The first-order valence-corrected chi connectivity index (χ1v) is 5.92. The molecule has 0 bridgehead atoms. The van der Waals surface area contributed by atoms with Crippen molar-refractivity contribution in [1.29, 1.82) is 0 Å². The fourth-order valence-corrected chi connectivity index (χ4v) is 1.65. The molecule has 18 heavy (non-hydrogen) atoms. The van der Waals surface area contributed by atoms with E-state index in [9.17, 15) is 9.18 Å². The lowest BCUT2D eigenvalue weighted by molar-refractivity contribution is -0.139.